The van der Waals surface area contributed by atoms with Crippen LogP contribution >= 0.6 is 0 Å². The van der Waals surface area contributed by atoms with Gasteiger partial charge < -0.3 is 10.0 Å². The van der Waals surface area contributed by atoms with Gasteiger partial charge >= 0.3 is 0 Å². The van der Waals surface area contributed by atoms with Crippen molar-refractivity contribution in [3.8, 4) is 0 Å². The predicted octanol–water partition coefficient (Wildman–Crippen LogP) is 1.31. The number of aliphatic hydroxyl groups excluding tert-OH is 1. The van der Waals surface area contributed by atoms with E-state index in [0.29, 0.717) is 6.54 Å². The van der Waals surface area contributed by atoms with Crippen LogP contribution in [0.3, 0.4) is 0 Å². The van der Waals surface area contributed by atoms with E-state index >= 15 is 0 Å². The van der Waals surface area contributed by atoms with Crippen molar-refractivity contribution in [2.24, 2.45) is 5.92 Å². The molecular formula is C17H25N3O2. The fourth-order valence-electron chi connectivity index (χ4n) is 3.26. The van der Waals surface area contributed by atoms with E-state index in [0.717, 1.165) is 43.1 Å². The van der Waals surface area contributed by atoms with Gasteiger partial charge in [0.05, 0.1) is 0 Å². The Bertz CT molecular complexity index is 530. The molecule has 2 fully saturated rings. The lowest BCUT2D eigenvalue weighted by atomic mass is 10.1. The Morgan fingerprint density at radius 1 is 1.41 bits per heavy atom. The number of aromatic nitrogens is 1. The molecule has 1 N–H and O–H groups in total. The molecule has 2 heterocycles. The number of rotatable bonds is 5. The van der Waals surface area contributed by atoms with Crippen molar-refractivity contribution < 1.29 is 9.90 Å². The molecule has 2 aliphatic rings. The lowest BCUT2D eigenvalue weighted by Crippen LogP contribution is -2.55. The molecule has 1 amide bonds. The zero-order valence-corrected chi connectivity index (χ0v) is 13.2. The molecule has 0 bridgehead atoms. The lowest BCUT2D eigenvalue weighted by molar-refractivity contribution is 0.0406. The summed E-state index contributed by atoms with van der Waals surface area (Å²) in [5, 5.41) is 9.33. The molecule has 1 saturated heterocycles. The van der Waals surface area contributed by atoms with Gasteiger partial charge in [-0.3, -0.25) is 14.7 Å². The summed E-state index contributed by atoms with van der Waals surface area (Å²) in [7, 11) is 0. The Balaban J connectivity index is 1.67. The molecule has 3 rings (SSSR count). The fourth-order valence-corrected chi connectivity index (χ4v) is 3.26. The quantitative estimate of drug-likeness (QED) is 0.891. The number of nitrogens with zero attached hydrogens (tertiary/aromatic N) is 3. The summed E-state index contributed by atoms with van der Waals surface area (Å²) in [5.41, 5.74) is 1.67. The highest BCUT2D eigenvalue weighted by molar-refractivity contribution is 5.95. The number of carbonyl (C=O) groups excluding carboxylic acids is 1. The normalized spacial score (nSPS) is 22.8. The molecule has 1 atom stereocenters. The highest BCUT2D eigenvalue weighted by atomic mass is 16.3. The first-order valence-electron chi connectivity index (χ1n) is 8.24. The van der Waals surface area contributed by atoms with Gasteiger partial charge in [0.1, 0.15) is 0 Å². The number of aryl methyl sites for hydroxylation is 1. The highest BCUT2D eigenvalue weighted by Gasteiger charge is 2.33. The Kier molecular flexibility index (Phi) is 4.74. The van der Waals surface area contributed by atoms with Gasteiger partial charge in [-0.15, -0.1) is 0 Å². The third-order valence-electron chi connectivity index (χ3n) is 4.79. The third-order valence-corrected chi connectivity index (χ3v) is 4.79. The number of piperazine rings is 1. The van der Waals surface area contributed by atoms with Gasteiger partial charge in [0, 0.05) is 56.8 Å². The van der Waals surface area contributed by atoms with Crippen LogP contribution in [0, 0.1) is 12.8 Å². The molecule has 120 valence electrons. The molecule has 5 heteroatoms. The Morgan fingerprint density at radius 3 is 2.91 bits per heavy atom. The zero-order valence-electron chi connectivity index (χ0n) is 13.2. The number of amides is 1. The number of hydrogen-bond donors (Lipinski definition) is 1. The summed E-state index contributed by atoms with van der Waals surface area (Å²) in [6.07, 6.45) is 6.82. The van der Waals surface area contributed by atoms with Gasteiger partial charge in [-0.25, -0.2) is 0 Å². The average molecular weight is 303 g/mol. The second-order valence-corrected chi connectivity index (χ2v) is 6.55. The minimum Gasteiger partial charge on any atom is -0.396 e. The fraction of sp³-hybridized carbons (Fsp3) is 0.647. The summed E-state index contributed by atoms with van der Waals surface area (Å²) in [4.78, 5) is 21.2. The van der Waals surface area contributed by atoms with Crippen LogP contribution in [0.1, 0.15) is 35.2 Å². The van der Waals surface area contributed by atoms with Crippen LogP contribution in [0.4, 0.5) is 0 Å². The summed E-state index contributed by atoms with van der Waals surface area (Å²) < 4.78 is 0. The van der Waals surface area contributed by atoms with E-state index in [-0.39, 0.29) is 18.6 Å². The van der Waals surface area contributed by atoms with Crippen molar-refractivity contribution in [2.75, 3.05) is 32.8 Å². The number of carbonyl (C=O) groups is 1. The minimum absolute atomic E-state index is 0.0916. The van der Waals surface area contributed by atoms with E-state index in [9.17, 15) is 9.90 Å². The van der Waals surface area contributed by atoms with E-state index in [4.69, 9.17) is 0 Å². The molecule has 0 unspecified atom stereocenters. The van der Waals surface area contributed by atoms with Crippen LogP contribution in [0.25, 0.3) is 0 Å². The Morgan fingerprint density at radius 2 is 2.23 bits per heavy atom. The van der Waals surface area contributed by atoms with Gasteiger partial charge in [-0.1, -0.05) is 0 Å². The van der Waals surface area contributed by atoms with E-state index in [1.165, 1.54) is 12.8 Å². The van der Waals surface area contributed by atoms with Gasteiger partial charge in [0.15, 0.2) is 0 Å². The molecule has 1 saturated carbocycles. The SMILES string of the molecule is Cc1cnccc1C(=O)N1CCN(CC2CC2)[C@@H](CCO)C1. The van der Waals surface area contributed by atoms with Crippen molar-refractivity contribution in [3.63, 3.8) is 0 Å². The van der Waals surface area contributed by atoms with Crippen LogP contribution in [-0.4, -0.2) is 64.6 Å². The van der Waals surface area contributed by atoms with E-state index in [1.54, 1.807) is 18.5 Å². The number of aliphatic hydroxyl groups is 1. The zero-order chi connectivity index (χ0) is 15.5. The van der Waals surface area contributed by atoms with Gasteiger partial charge in [-0.05, 0) is 43.7 Å². The molecular weight excluding hydrogens is 278 g/mol. The van der Waals surface area contributed by atoms with Crippen molar-refractivity contribution in [1.82, 2.24) is 14.8 Å². The van der Waals surface area contributed by atoms with Crippen molar-refractivity contribution in [1.29, 1.82) is 0 Å². The first kappa shape index (κ1) is 15.4. The van der Waals surface area contributed by atoms with Crippen LogP contribution in [-0.2, 0) is 0 Å². The Hall–Kier alpha value is -1.46. The van der Waals surface area contributed by atoms with E-state index in [2.05, 4.69) is 9.88 Å². The highest BCUT2D eigenvalue weighted by Crippen LogP contribution is 2.31. The maximum absolute atomic E-state index is 12.7. The predicted molar refractivity (Wildman–Crippen MR) is 84.7 cm³/mol. The maximum Gasteiger partial charge on any atom is 0.254 e. The standard InChI is InChI=1S/C17H25N3O2/c1-13-10-18-6-4-16(13)17(22)20-8-7-19(11-14-2-3-14)15(12-20)5-9-21/h4,6,10,14-15,21H,2-3,5,7-9,11-12H2,1H3/t15-/m0/s1. The molecule has 1 aliphatic carbocycles. The first-order chi connectivity index (χ1) is 10.7. The second kappa shape index (κ2) is 6.75. The van der Waals surface area contributed by atoms with Crippen LogP contribution in [0.5, 0.6) is 0 Å². The largest absolute Gasteiger partial charge is 0.396 e. The molecule has 22 heavy (non-hydrogen) atoms. The maximum atomic E-state index is 12.7. The van der Waals surface area contributed by atoms with E-state index in [1.807, 2.05) is 11.8 Å². The van der Waals surface area contributed by atoms with Gasteiger partial charge in [0.25, 0.3) is 5.91 Å². The number of pyridine rings is 1. The van der Waals surface area contributed by atoms with Crippen LogP contribution in [0.15, 0.2) is 18.5 Å². The molecule has 5 nitrogen and oxygen atoms in total. The number of hydrogen-bond acceptors (Lipinski definition) is 4. The average Bonchev–Trinajstić information content (AvgIpc) is 3.33. The van der Waals surface area contributed by atoms with Crippen molar-refractivity contribution >= 4 is 5.91 Å². The molecule has 1 aromatic rings. The monoisotopic (exact) mass is 303 g/mol. The summed E-state index contributed by atoms with van der Waals surface area (Å²) >= 11 is 0. The molecule has 1 aliphatic heterocycles. The molecule has 0 radical (unpaired) electrons. The Labute approximate surface area is 131 Å². The smallest absolute Gasteiger partial charge is 0.254 e. The molecule has 0 aromatic carbocycles. The minimum atomic E-state index is 0.0916. The second-order valence-electron chi connectivity index (χ2n) is 6.55. The van der Waals surface area contributed by atoms with Crippen LogP contribution in [0.2, 0.25) is 0 Å². The summed E-state index contributed by atoms with van der Waals surface area (Å²) in [6, 6.07) is 2.08. The van der Waals surface area contributed by atoms with E-state index < -0.39 is 0 Å². The first-order valence-corrected chi connectivity index (χ1v) is 8.24. The molecule has 0 spiro atoms. The topological polar surface area (TPSA) is 56.7 Å². The third kappa shape index (κ3) is 3.47. The summed E-state index contributed by atoms with van der Waals surface area (Å²) in [5.74, 6) is 0.930. The lowest BCUT2D eigenvalue weighted by Gasteiger charge is -2.41. The molecule has 1 aromatic heterocycles. The summed E-state index contributed by atoms with van der Waals surface area (Å²) in [6.45, 7) is 5.64. The van der Waals surface area contributed by atoms with Gasteiger partial charge in [0.2, 0.25) is 0 Å². The van der Waals surface area contributed by atoms with Crippen molar-refractivity contribution in [2.45, 2.75) is 32.2 Å². The van der Waals surface area contributed by atoms with Crippen molar-refractivity contribution in [3.05, 3.63) is 29.6 Å². The van der Waals surface area contributed by atoms with Gasteiger partial charge in [-0.2, -0.15) is 0 Å². The van der Waals surface area contributed by atoms with Crippen LogP contribution < -0.4 is 0 Å².